The predicted molar refractivity (Wildman–Crippen MR) is 113 cm³/mol. The highest BCUT2D eigenvalue weighted by Crippen LogP contribution is 2.19. The van der Waals surface area contributed by atoms with Crippen molar-refractivity contribution in [2.24, 2.45) is 0 Å². The second-order valence-corrected chi connectivity index (χ2v) is 6.81. The highest BCUT2D eigenvalue weighted by molar-refractivity contribution is 5.95. The first-order valence-electron chi connectivity index (χ1n) is 9.82. The first-order valence-corrected chi connectivity index (χ1v) is 9.82. The van der Waals surface area contributed by atoms with E-state index in [1.165, 1.54) is 7.11 Å². The van der Waals surface area contributed by atoms with E-state index in [1.807, 2.05) is 6.07 Å². The number of nitrogens with zero attached hydrogens (tertiary/aromatic N) is 1. The highest BCUT2D eigenvalue weighted by Gasteiger charge is 2.32. The molecule has 0 fully saturated rings. The summed E-state index contributed by atoms with van der Waals surface area (Å²) in [7, 11) is 1.19. The lowest BCUT2D eigenvalue weighted by Gasteiger charge is -2.26. The van der Waals surface area contributed by atoms with Crippen molar-refractivity contribution in [3.05, 3.63) is 71.8 Å². The summed E-state index contributed by atoms with van der Waals surface area (Å²) in [5.74, 6) is -1.97. The van der Waals surface area contributed by atoms with Crippen molar-refractivity contribution in [2.75, 3.05) is 7.11 Å². The Morgan fingerprint density at radius 2 is 1.65 bits per heavy atom. The fraction of sp³-hybridized carbons (Fsp3) is 0.304. The number of esters is 1. The molecule has 0 bridgehead atoms. The van der Waals surface area contributed by atoms with Gasteiger partial charge in [-0.05, 0) is 30.5 Å². The van der Waals surface area contributed by atoms with Crippen LogP contribution < -0.4 is 10.6 Å². The van der Waals surface area contributed by atoms with Gasteiger partial charge in [0.1, 0.15) is 6.04 Å². The highest BCUT2D eigenvalue weighted by atomic mass is 16.5. The molecule has 0 aliphatic rings. The van der Waals surface area contributed by atoms with Gasteiger partial charge >= 0.3 is 5.97 Å². The Balaban J connectivity index is 2.20. The van der Waals surface area contributed by atoms with Gasteiger partial charge in [-0.1, -0.05) is 48.5 Å². The van der Waals surface area contributed by atoms with Crippen LogP contribution in [0.4, 0.5) is 0 Å². The second-order valence-electron chi connectivity index (χ2n) is 6.81. The fourth-order valence-electron chi connectivity index (χ4n) is 3.00. The van der Waals surface area contributed by atoms with Gasteiger partial charge in [-0.2, -0.15) is 5.26 Å². The summed E-state index contributed by atoms with van der Waals surface area (Å²) in [6.45, 7) is 0. The van der Waals surface area contributed by atoms with Crippen molar-refractivity contribution >= 4 is 17.8 Å². The molecule has 2 aromatic rings. The van der Waals surface area contributed by atoms with Crippen LogP contribution in [0.1, 0.15) is 41.2 Å². The summed E-state index contributed by atoms with van der Waals surface area (Å²) in [6, 6.07) is 16.9. The molecule has 2 rings (SSSR count). The Hall–Kier alpha value is -3.70. The van der Waals surface area contributed by atoms with Crippen LogP contribution in [-0.2, 0) is 14.3 Å². The summed E-state index contributed by atoms with van der Waals surface area (Å²) in [6.07, 6.45) is -0.894. The molecule has 0 saturated carbocycles. The van der Waals surface area contributed by atoms with Crippen molar-refractivity contribution in [3.8, 4) is 6.07 Å². The molecule has 162 valence electrons. The van der Waals surface area contributed by atoms with Gasteiger partial charge in [-0.25, -0.2) is 4.79 Å². The number of methoxy groups -OCH3 is 1. The molecule has 2 aromatic carbocycles. The second kappa shape index (κ2) is 12.1. The number of amides is 2. The van der Waals surface area contributed by atoms with E-state index in [9.17, 15) is 19.5 Å². The first-order chi connectivity index (χ1) is 15.0. The maximum Gasteiger partial charge on any atom is 0.328 e. The normalized spacial score (nSPS) is 13.2. The van der Waals surface area contributed by atoms with Crippen LogP contribution in [0.25, 0.3) is 0 Å². The molecule has 0 heterocycles. The maximum atomic E-state index is 12.8. The van der Waals surface area contributed by atoms with Gasteiger partial charge in [-0.15, -0.1) is 0 Å². The molecule has 8 heteroatoms. The SMILES string of the molecule is COC(=O)[C@@H](CCCC#N)NC(=O)[C@H](O)[C@@H](NC(=O)c1ccccc1)c1ccccc1. The minimum atomic E-state index is -1.67. The third kappa shape index (κ3) is 6.94. The summed E-state index contributed by atoms with van der Waals surface area (Å²) in [5, 5.41) is 24.6. The zero-order chi connectivity index (χ0) is 22.6. The van der Waals surface area contributed by atoms with Crippen LogP contribution >= 0.6 is 0 Å². The number of hydrogen-bond donors (Lipinski definition) is 3. The monoisotopic (exact) mass is 423 g/mol. The number of hydrogen-bond acceptors (Lipinski definition) is 6. The summed E-state index contributed by atoms with van der Waals surface area (Å²) in [5.41, 5.74) is 0.897. The fourth-order valence-corrected chi connectivity index (χ4v) is 3.00. The summed E-state index contributed by atoms with van der Waals surface area (Å²) >= 11 is 0. The van der Waals surface area contributed by atoms with Crippen molar-refractivity contribution in [3.63, 3.8) is 0 Å². The minimum absolute atomic E-state index is 0.186. The molecule has 0 aliphatic heterocycles. The zero-order valence-corrected chi connectivity index (χ0v) is 17.2. The number of unbranched alkanes of at least 4 members (excludes halogenated alkanes) is 1. The Labute approximate surface area is 180 Å². The van der Waals surface area contributed by atoms with E-state index in [2.05, 4.69) is 10.6 Å². The number of rotatable bonds is 10. The number of aliphatic hydroxyl groups excluding tert-OH is 1. The van der Waals surface area contributed by atoms with E-state index in [1.54, 1.807) is 60.7 Å². The first kappa shape index (κ1) is 23.6. The van der Waals surface area contributed by atoms with E-state index in [0.717, 1.165) is 0 Å². The van der Waals surface area contributed by atoms with Gasteiger partial charge in [0.15, 0.2) is 6.10 Å². The van der Waals surface area contributed by atoms with Gasteiger partial charge in [0.2, 0.25) is 0 Å². The van der Waals surface area contributed by atoms with Gasteiger partial charge in [0.05, 0.1) is 19.2 Å². The third-order valence-electron chi connectivity index (χ3n) is 4.65. The van der Waals surface area contributed by atoms with Crippen LogP contribution in [-0.4, -0.2) is 42.1 Å². The molecule has 0 radical (unpaired) electrons. The Bertz CT molecular complexity index is 912. The quantitative estimate of drug-likeness (QED) is 0.395. The maximum absolute atomic E-state index is 12.8. The van der Waals surface area contributed by atoms with E-state index in [-0.39, 0.29) is 12.8 Å². The Kier molecular flexibility index (Phi) is 9.20. The third-order valence-corrected chi connectivity index (χ3v) is 4.65. The summed E-state index contributed by atoms with van der Waals surface area (Å²) in [4.78, 5) is 37.4. The minimum Gasteiger partial charge on any atom is -0.467 e. The Morgan fingerprint density at radius 1 is 1.03 bits per heavy atom. The average molecular weight is 423 g/mol. The molecular weight excluding hydrogens is 398 g/mol. The lowest BCUT2D eigenvalue weighted by atomic mass is 9.99. The number of nitriles is 1. The average Bonchev–Trinajstić information content (AvgIpc) is 2.81. The number of carbonyl (C=O) groups is 3. The van der Waals surface area contributed by atoms with Crippen molar-refractivity contribution < 1.29 is 24.2 Å². The number of carbonyl (C=O) groups excluding carboxylic acids is 3. The van der Waals surface area contributed by atoms with Crippen LogP contribution in [0.5, 0.6) is 0 Å². The largest absolute Gasteiger partial charge is 0.467 e. The number of benzene rings is 2. The molecule has 0 aliphatic carbocycles. The van der Waals surface area contributed by atoms with E-state index in [4.69, 9.17) is 10.00 Å². The molecule has 0 unspecified atom stereocenters. The molecule has 3 N–H and O–H groups in total. The van der Waals surface area contributed by atoms with Crippen molar-refractivity contribution in [1.29, 1.82) is 5.26 Å². The summed E-state index contributed by atoms with van der Waals surface area (Å²) < 4.78 is 4.70. The predicted octanol–water partition coefficient (Wildman–Crippen LogP) is 1.87. The molecular formula is C23H25N3O5. The smallest absolute Gasteiger partial charge is 0.328 e. The van der Waals surface area contributed by atoms with Gasteiger partial charge in [0, 0.05) is 12.0 Å². The molecule has 31 heavy (non-hydrogen) atoms. The zero-order valence-electron chi connectivity index (χ0n) is 17.2. The van der Waals surface area contributed by atoms with Crippen LogP contribution in [0.15, 0.2) is 60.7 Å². The lowest BCUT2D eigenvalue weighted by molar-refractivity contribution is -0.146. The van der Waals surface area contributed by atoms with Gasteiger partial charge in [0.25, 0.3) is 11.8 Å². The van der Waals surface area contributed by atoms with Crippen LogP contribution in [0, 0.1) is 11.3 Å². The number of aliphatic hydroxyl groups is 1. The number of ether oxygens (including phenoxy) is 1. The van der Waals surface area contributed by atoms with Crippen molar-refractivity contribution in [1.82, 2.24) is 10.6 Å². The molecule has 0 spiro atoms. The van der Waals surface area contributed by atoms with Gasteiger partial charge in [-0.3, -0.25) is 9.59 Å². The topological polar surface area (TPSA) is 129 Å². The van der Waals surface area contributed by atoms with Crippen LogP contribution in [0.2, 0.25) is 0 Å². The molecule has 3 atom stereocenters. The van der Waals surface area contributed by atoms with Gasteiger partial charge < -0.3 is 20.5 Å². The van der Waals surface area contributed by atoms with Crippen molar-refractivity contribution in [2.45, 2.75) is 37.5 Å². The number of nitrogens with one attached hydrogen (secondary N) is 2. The van der Waals surface area contributed by atoms with E-state index in [0.29, 0.717) is 17.5 Å². The molecule has 8 nitrogen and oxygen atoms in total. The molecule has 2 amide bonds. The molecule has 0 aromatic heterocycles. The standard InChI is InChI=1S/C23H25N3O5/c1-31-23(30)18(14-8-9-15-24)25-22(29)20(27)19(16-10-4-2-5-11-16)26-21(28)17-12-6-3-7-13-17/h2-7,10-13,18-20,27H,8-9,14H2,1H3,(H,25,29)(H,26,28)/t18-,19+,20-/m1/s1. The Morgan fingerprint density at radius 3 is 2.23 bits per heavy atom. The van der Waals surface area contributed by atoms with Crippen LogP contribution in [0.3, 0.4) is 0 Å². The van der Waals surface area contributed by atoms with E-state index >= 15 is 0 Å². The lowest BCUT2D eigenvalue weighted by Crippen LogP contribution is -2.50. The molecule has 0 saturated heterocycles. The van der Waals surface area contributed by atoms with E-state index < -0.39 is 36.0 Å².